The third-order valence-electron chi connectivity index (χ3n) is 4.92. The molecule has 0 fully saturated rings. The van der Waals surface area contributed by atoms with E-state index in [-0.39, 0.29) is 6.42 Å². The summed E-state index contributed by atoms with van der Waals surface area (Å²) in [7, 11) is 3.61. The average molecular weight is 512 g/mol. The van der Waals surface area contributed by atoms with Gasteiger partial charge in [0, 0.05) is 42.8 Å². The maximum absolute atomic E-state index is 12.9. The molecule has 0 aromatic rings. The van der Waals surface area contributed by atoms with Crippen LogP contribution in [0.3, 0.4) is 0 Å². The lowest BCUT2D eigenvalue weighted by molar-refractivity contribution is -0.0935. The van der Waals surface area contributed by atoms with E-state index in [1.807, 2.05) is 6.92 Å². The van der Waals surface area contributed by atoms with Crippen LogP contribution in [0.1, 0.15) is 47.5 Å². The first-order chi connectivity index (χ1) is 16.3. The molecule has 1 atom stereocenters. The minimum Gasteiger partial charge on any atom is -0.382 e. The van der Waals surface area contributed by atoms with Gasteiger partial charge in [0.1, 0.15) is 6.10 Å². The molecule has 0 aromatic heterocycles. The monoisotopic (exact) mass is 511 g/mol. The van der Waals surface area contributed by atoms with Gasteiger partial charge in [-0.05, 0) is 65.0 Å². The van der Waals surface area contributed by atoms with Crippen LogP contribution in [0, 0.1) is 0 Å². The Morgan fingerprint density at radius 2 is 1.71 bits per heavy atom. The topological polar surface area (TPSA) is 48.2 Å². The molecule has 4 nitrogen and oxygen atoms in total. The molecular weight excluding hydrogens is 475 g/mol. The van der Waals surface area contributed by atoms with Crippen molar-refractivity contribution in [2.75, 3.05) is 14.1 Å². The lowest BCUT2D eigenvalue weighted by Crippen LogP contribution is -2.24. The smallest absolute Gasteiger partial charge is 0.382 e. The van der Waals surface area contributed by atoms with Gasteiger partial charge in [-0.1, -0.05) is 54.0 Å². The van der Waals surface area contributed by atoms with E-state index in [0.717, 1.165) is 17.2 Å². The number of rotatable bonds is 12. The van der Waals surface area contributed by atoms with Crippen molar-refractivity contribution in [3.05, 3.63) is 81.4 Å². The number of nitrogens with zero attached hydrogens (tertiary/aromatic N) is 3. The number of allylic oxidation sites excluding steroid dienone is 10. The predicted molar refractivity (Wildman–Crippen MR) is 144 cm³/mol. The van der Waals surface area contributed by atoms with E-state index in [2.05, 4.69) is 16.7 Å². The second-order valence-corrected chi connectivity index (χ2v) is 8.49. The molecule has 0 aliphatic rings. The largest absolute Gasteiger partial charge is 0.412 e. The van der Waals surface area contributed by atoms with Crippen LogP contribution in [0.4, 0.5) is 13.2 Å². The Labute approximate surface area is 213 Å². The summed E-state index contributed by atoms with van der Waals surface area (Å²) in [6, 6.07) is 0. The highest BCUT2D eigenvalue weighted by Crippen LogP contribution is 2.28. The molecular formula is C27H37ClF3N3O. The summed E-state index contributed by atoms with van der Waals surface area (Å²) in [6.45, 7) is 12.1. The summed E-state index contributed by atoms with van der Waals surface area (Å²) in [5.74, 6) is 0. The summed E-state index contributed by atoms with van der Waals surface area (Å²) >= 11 is 6.47. The zero-order valence-electron chi connectivity index (χ0n) is 21.6. The van der Waals surface area contributed by atoms with Crippen molar-refractivity contribution in [1.82, 2.24) is 4.90 Å². The maximum atomic E-state index is 12.9. The maximum Gasteiger partial charge on any atom is 0.412 e. The van der Waals surface area contributed by atoms with Crippen LogP contribution in [0.2, 0.25) is 0 Å². The van der Waals surface area contributed by atoms with E-state index in [9.17, 15) is 18.3 Å². The minimum absolute atomic E-state index is 0.0920. The van der Waals surface area contributed by atoms with E-state index in [1.165, 1.54) is 13.0 Å². The van der Waals surface area contributed by atoms with Crippen LogP contribution in [-0.2, 0) is 0 Å². The normalized spacial score (nSPS) is 16.7. The van der Waals surface area contributed by atoms with Crippen LogP contribution >= 0.6 is 11.6 Å². The molecule has 0 bridgehead atoms. The first kappa shape index (κ1) is 32.4. The van der Waals surface area contributed by atoms with Crippen LogP contribution in [0.5, 0.6) is 0 Å². The summed E-state index contributed by atoms with van der Waals surface area (Å²) < 4.78 is 38.8. The number of aliphatic hydroxyl groups is 1. The van der Waals surface area contributed by atoms with Gasteiger partial charge in [-0.2, -0.15) is 13.2 Å². The molecule has 0 saturated heterocycles. The zero-order valence-corrected chi connectivity index (χ0v) is 22.4. The van der Waals surface area contributed by atoms with Gasteiger partial charge >= 0.3 is 6.18 Å². The van der Waals surface area contributed by atoms with Crippen molar-refractivity contribution in [3.8, 4) is 0 Å². The third-order valence-corrected chi connectivity index (χ3v) is 5.37. The summed E-state index contributed by atoms with van der Waals surface area (Å²) in [5, 5.41) is 11.4. The highest BCUT2D eigenvalue weighted by molar-refractivity contribution is 6.31. The van der Waals surface area contributed by atoms with Crippen molar-refractivity contribution in [2.45, 2.75) is 59.7 Å². The van der Waals surface area contributed by atoms with Crippen molar-refractivity contribution in [2.24, 2.45) is 9.98 Å². The summed E-state index contributed by atoms with van der Waals surface area (Å²) in [5.41, 5.74) is 2.71. The Hall–Kier alpha value is -2.64. The number of likely N-dealkylation sites (N-methyl/N-ethyl adjacent to an activating group) is 1. The number of aliphatic hydroxyl groups excluding tert-OH is 1. The zero-order chi connectivity index (χ0) is 27.2. The Morgan fingerprint density at radius 1 is 1.09 bits per heavy atom. The van der Waals surface area contributed by atoms with Crippen molar-refractivity contribution in [1.29, 1.82) is 0 Å². The molecule has 194 valence electrons. The lowest BCUT2D eigenvalue weighted by Gasteiger charge is -2.22. The standard InChI is InChI=1S/C27H37ClF3N3O/c1-9-23(27(29,30)31)15-11-19(3)17-20(4)24(28)16-14-22(13-12-21(5)32-6)26(35)25(34(7)8)18-33-10-2/h10-16,18,26,35H,6,9,17H2,1-5,7-8H3/b16-14+,19-11+,21-12+,22-13+,23-15+,24-20-,25-18-,33-10?. The first-order valence-electron chi connectivity index (χ1n) is 11.1. The molecule has 0 aliphatic carbocycles. The van der Waals surface area contributed by atoms with Crippen LogP contribution in [0.15, 0.2) is 91.4 Å². The van der Waals surface area contributed by atoms with Gasteiger partial charge in [0.15, 0.2) is 0 Å². The molecule has 35 heavy (non-hydrogen) atoms. The molecule has 0 spiro atoms. The van der Waals surface area contributed by atoms with Crippen LogP contribution < -0.4 is 0 Å². The van der Waals surface area contributed by atoms with E-state index in [4.69, 9.17) is 11.6 Å². The van der Waals surface area contributed by atoms with Crippen LogP contribution in [-0.4, -0.2) is 49.3 Å². The van der Waals surface area contributed by atoms with Gasteiger partial charge in [0.25, 0.3) is 0 Å². The molecule has 0 amide bonds. The minimum atomic E-state index is -4.34. The van der Waals surface area contributed by atoms with E-state index in [0.29, 0.717) is 28.4 Å². The van der Waals surface area contributed by atoms with E-state index < -0.39 is 17.9 Å². The molecule has 0 rings (SSSR count). The Morgan fingerprint density at radius 3 is 2.20 bits per heavy atom. The van der Waals surface area contributed by atoms with Gasteiger partial charge < -0.3 is 10.0 Å². The third kappa shape index (κ3) is 12.6. The van der Waals surface area contributed by atoms with Crippen molar-refractivity contribution in [3.63, 3.8) is 0 Å². The quantitative estimate of drug-likeness (QED) is 0.216. The Bertz CT molecular complexity index is 963. The number of alkyl halides is 3. The van der Waals surface area contributed by atoms with Gasteiger partial charge in [-0.25, -0.2) is 0 Å². The number of hydrogen-bond donors (Lipinski definition) is 1. The fraction of sp³-hybridized carbons (Fsp3) is 0.407. The van der Waals surface area contributed by atoms with Crippen molar-refractivity contribution < 1.29 is 18.3 Å². The lowest BCUT2D eigenvalue weighted by atomic mass is 10.0. The summed E-state index contributed by atoms with van der Waals surface area (Å²) in [6.07, 6.45) is 7.54. The predicted octanol–water partition coefficient (Wildman–Crippen LogP) is 7.68. The van der Waals surface area contributed by atoms with E-state index >= 15 is 0 Å². The SMILES string of the molecule is C=N/C(C)=C/C=C(\C=C\C(Cl)=C(/C)C/C(C)=C/C=C(\CC)C(F)(F)F)C(O)/C(=C/N=CC)N(C)C. The van der Waals surface area contributed by atoms with Gasteiger partial charge in [0.2, 0.25) is 0 Å². The summed E-state index contributed by atoms with van der Waals surface area (Å²) in [4.78, 5) is 9.73. The molecule has 0 saturated carbocycles. The molecule has 0 aliphatic heterocycles. The fourth-order valence-corrected chi connectivity index (χ4v) is 2.92. The van der Waals surface area contributed by atoms with E-state index in [1.54, 1.807) is 76.5 Å². The highest BCUT2D eigenvalue weighted by Gasteiger charge is 2.31. The first-order valence-corrected chi connectivity index (χ1v) is 11.5. The van der Waals surface area contributed by atoms with Crippen molar-refractivity contribution >= 4 is 24.5 Å². The molecule has 1 N–H and O–H groups in total. The molecule has 1 unspecified atom stereocenters. The van der Waals surface area contributed by atoms with Gasteiger partial charge in [-0.3, -0.25) is 9.98 Å². The highest BCUT2D eigenvalue weighted by atomic mass is 35.5. The molecule has 0 aromatic carbocycles. The second kappa shape index (κ2) is 16.1. The Balaban J connectivity index is 6.07. The number of aliphatic imine (C=N–C) groups is 2. The van der Waals surface area contributed by atoms with Gasteiger partial charge in [-0.15, -0.1) is 0 Å². The second-order valence-electron chi connectivity index (χ2n) is 8.09. The number of halogens is 4. The molecule has 0 heterocycles. The molecule has 0 radical (unpaired) electrons. The fourth-order valence-electron chi connectivity index (χ4n) is 2.79. The molecule has 8 heteroatoms. The Kier molecular flexibility index (Phi) is 14.9. The number of hydrogen-bond acceptors (Lipinski definition) is 4. The average Bonchev–Trinajstić information content (AvgIpc) is 2.77. The van der Waals surface area contributed by atoms with Crippen LogP contribution in [0.25, 0.3) is 0 Å². The van der Waals surface area contributed by atoms with Gasteiger partial charge in [0.05, 0.1) is 5.70 Å².